The highest BCUT2D eigenvalue weighted by Crippen LogP contribution is 2.24. The number of likely N-dealkylation sites (N-methyl/N-ethyl adjacent to an activating group) is 1. The minimum absolute atomic E-state index is 0.199. The first kappa shape index (κ1) is 14.7. The van der Waals surface area contributed by atoms with Crippen LogP contribution in [0.1, 0.15) is 40.0 Å². The zero-order chi connectivity index (χ0) is 13.8. The first-order valence-corrected chi connectivity index (χ1v) is 6.41. The Morgan fingerprint density at radius 3 is 2.56 bits per heavy atom. The third-order valence-electron chi connectivity index (χ3n) is 3.06. The van der Waals surface area contributed by atoms with Crippen LogP contribution in [0.15, 0.2) is 12.2 Å². The fourth-order valence-corrected chi connectivity index (χ4v) is 2.10. The third kappa shape index (κ3) is 4.17. The van der Waals surface area contributed by atoms with E-state index in [9.17, 15) is 9.59 Å². The van der Waals surface area contributed by atoms with Crippen molar-refractivity contribution in [1.29, 1.82) is 0 Å². The van der Waals surface area contributed by atoms with Crippen molar-refractivity contribution in [2.75, 3.05) is 7.05 Å². The van der Waals surface area contributed by atoms with Gasteiger partial charge in [0, 0.05) is 7.05 Å². The van der Waals surface area contributed by atoms with Gasteiger partial charge in [-0.15, -0.1) is 0 Å². The predicted molar refractivity (Wildman–Crippen MR) is 70.3 cm³/mol. The minimum Gasteiger partial charge on any atom is -0.444 e. The highest BCUT2D eigenvalue weighted by Gasteiger charge is 2.30. The van der Waals surface area contributed by atoms with Gasteiger partial charge in [-0.2, -0.15) is 0 Å². The summed E-state index contributed by atoms with van der Waals surface area (Å²) < 4.78 is 5.28. The molecule has 4 heteroatoms. The Hall–Kier alpha value is -1.32. The summed E-state index contributed by atoms with van der Waals surface area (Å²) in [7, 11) is 1.63. The van der Waals surface area contributed by atoms with E-state index in [1.165, 1.54) is 4.90 Å². The summed E-state index contributed by atoms with van der Waals surface area (Å²) >= 11 is 0. The Kier molecular flexibility index (Phi) is 4.93. The number of carbonyl (C=O) groups excluding carboxylic acids is 2. The lowest BCUT2D eigenvalue weighted by molar-refractivity contribution is -0.113. The summed E-state index contributed by atoms with van der Waals surface area (Å²) in [6, 6.07) is -0.398. The Morgan fingerprint density at radius 2 is 2.11 bits per heavy atom. The van der Waals surface area contributed by atoms with Gasteiger partial charge in [0.15, 0.2) is 0 Å². The van der Waals surface area contributed by atoms with Crippen LogP contribution in [-0.4, -0.2) is 36.0 Å². The molecule has 0 saturated carbocycles. The monoisotopic (exact) mass is 253 g/mol. The van der Waals surface area contributed by atoms with Gasteiger partial charge in [-0.3, -0.25) is 0 Å². The minimum atomic E-state index is -0.536. The van der Waals surface area contributed by atoms with E-state index in [2.05, 4.69) is 12.2 Å². The zero-order valence-corrected chi connectivity index (χ0v) is 11.7. The largest absolute Gasteiger partial charge is 0.444 e. The molecule has 0 bridgehead atoms. The Balaban J connectivity index is 2.66. The standard InChI is InChI=1S/C14H23NO3/c1-14(2,3)18-13(17)15(4)12(10-16)11-8-6-5-7-9-11/h5-6,10-12H,7-9H2,1-4H3. The molecule has 1 aliphatic rings. The van der Waals surface area contributed by atoms with Crippen LogP contribution in [0.3, 0.4) is 0 Å². The lowest BCUT2D eigenvalue weighted by atomic mass is 9.88. The highest BCUT2D eigenvalue weighted by molar-refractivity contribution is 5.73. The van der Waals surface area contributed by atoms with Gasteiger partial charge < -0.3 is 14.4 Å². The molecule has 0 aliphatic heterocycles. The summed E-state index contributed by atoms with van der Waals surface area (Å²) in [5.74, 6) is 0.199. The number of amides is 1. The van der Waals surface area contributed by atoms with Crippen LogP contribution in [0.4, 0.5) is 4.79 Å². The Bertz CT molecular complexity index is 330. The molecule has 0 N–H and O–H groups in total. The van der Waals surface area contributed by atoms with E-state index in [1.54, 1.807) is 7.05 Å². The average Bonchev–Trinajstić information content (AvgIpc) is 2.29. The van der Waals surface area contributed by atoms with Gasteiger partial charge in [0.2, 0.25) is 0 Å². The van der Waals surface area contributed by atoms with Crippen LogP contribution in [0.2, 0.25) is 0 Å². The van der Waals surface area contributed by atoms with Crippen molar-refractivity contribution in [3.8, 4) is 0 Å². The van der Waals surface area contributed by atoms with Crippen molar-refractivity contribution in [3.63, 3.8) is 0 Å². The summed E-state index contributed by atoms with van der Waals surface area (Å²) in [5.41, 5.74) is -0.536. The van der Waals surface area contributed by atoms with Crippen molar-refractivity contribution in [2.45, 2.75) is 51.7 Å². The smallest absolute Gasteiger partial charge is 0.410 e. The summed E-state index contributed by atoms with van der Waals surface area (Å²) in [6.45, 7) is 5.45. The van der Waals surface area contributed by atoms with E-state index in [-0.39, 0.29) is 5.92 Å². The second-order valence-corrected chi connectivity index (χ2v) is 5.76. The molecule has 0 aromatic heterocycles. The SMILES string of the molecule is CN(C(=O)OC(C)(C)C)C(C=O)C1CC=CCC1. The van der Waals surface area contributed by atoms with E-state index in [0.717, 1.165) is 25.5 Å². The van der Waals surface area contributed by atoms with Crippen LogP contribution < -0.4 is 0 Å². The van der Waals surface area contributed by atoms with Crippen molar-refractivity contribution in [1.82, 2.24) is 4.90 Å². The molecule has 0 saturated heterocycles. The quantitative estimate of drug-likeness (QED) is 0.574. The van der Waals surface area contributed by atoms with Gasteiger partial charge in [-0.25, -0.2) is 4.79 Å². The molecule has 18 heavy (non-hydrogen) atoms. The molecule has 0 spiro atoms. The van der Waals surface area contributed by atoms with Crippen LogP contribution in [0.5, 0.6) is 0 Å². The number of hydrogen-bond acceptors (Lipinski definition) is 3. The first-order chi connectivity index (χ1) is 8.35. The van der Waals surface area contributed by atoms with E-state index < -0.39 is 17.7 Å². The predicted octanol–water partition coefficient (Wildman–Crippen LogP) is 2.78. The van der Waals surface area contributed by atoms with Gasteiger partial charge >= 0.3 is 6.09 Å². The van der Waals surface area contributed by atoms with E-state index in [4.69, 9.17) is 4.74 Å². The fourth-order valence-electron chi connectivity index (χ4n) is 2.10. The molecular formula is C14H23NO3. The van der Waals surface area contributed by atoms with Gasteiger partial charge in [-0.1, -0.05) is 12.2 Å². The molecule has 0 aromatic rings. The van der Waals surface area contributed by atoms with Gasteiger partial charge in [-0.05, 0) is 46.0 Å². The lowest BCUT2D eigenvalue weighted by Gasteiger charge is -2.33. The highest BCUT2D eigenvalue weighted by atomic mass is 16.6. The normalized spacial score (nSPS) is 21.2. The molecule has 0 radical (unpaired) electrons. The molecule has 1 rings (SSSR count). The van der Waals surface area contributed by atoms with Crippen LogP contribution in [0, 0.1) is 5.92 Å². The maximum Gasteiger partial charge on any atom is 0.410 e. The Labute approximate surface area is 109 Å². The maximum atomic E-state index is 11.9. The topological polar surface area (TPSA) is 46.6 Å². The number of nitrogens with zero attached hydrogens (tertiary/aromatic N) is 1. The van der Waals surface area contributed by atoms with E-state index >= 15 is 0 Å². The number of allylic oxidation sites excluding steroid dienone is 2. The van der Waals surface area contributed by atoms with Crippen molar-refractivity contribution in [3.05, 3.63) is 12.2 Å². The van der Waals surface area contributed by atoms with E-state index in [0.29, 0.717) is 0 Å². The second kappa shape index (κ2) is 6.03. The van der Waals surface area contributed by atoms with Gasteiger partial charge in [0.25, 0.3) is 0 Å². The van der Waals surface area contributed by atoms with Crippen molar-refractivity contribution >= 4 is 12.4 Å². The zero-order valence-electron chi connectivity index (χ0n) is 11.7. The molecule has 1 aliphatic carbocycles. The number of aldehydes is 1. The third-order valence-corrected chi connectivity index (χ3v) is 3.06. The average molecular weight is 253 g/mol. The van der Waals surface area contributed by atoms with E-state index in [1.807, 2.05) is 20.8 Å². The number of rotatable bonds is 3. The number of ether oxygens (including phenoxy) is 1. The number of carbonyl (C=O) groups is 2. The molecule has 1 amide bonds. The van der Waals surface area contributed by atoms with Gasteiger partial charge in [0.05, 0.1) is 6.04 Å². The molecular weight excluding hydrogens is 230 g/mol. The second-order valence-electron chi connectivity index (χ2n) is 5.76. The molecule has 102 valence electrons. The van der Waals surface area contributed by atoms with Crippen LogP contribution in [0.25, 0.3) is 0 Å². The summed E-state index contributed by atoms with van der Waals surface area (Å²) in [5, 5.41) is 0. The lowest BCUT2D eigenvalue weighted by Crippen LogP contribution is -2.45. The fraction of sp³-hybridized carbons (Fsp3) is 0.714. The summed E-state index contributed by atoms with van der Waals surface area (Å²) in [4.78, 5) is 24.6. The molecule has 2 atom stereocenters. The first-order valence-electron chi connectivity index (χ1n) is 6.41. The maximum absolute atomic E-state index is 11.9. The molecule has 0 fully saturated rings. The molecule has 2 unspecified atom stereocenters. The molecule has 4 nitrogen and oxygen atoms in total. The van der Waals surface area contributed by atoms with Crippen LogP contribution >= 0.6 is 0 Å². The van der Waals surface area contributed by atoms with Crippen molar-refractivity contribution in [2.24, 2.45) is 5.92 Å². The van der Waals surface area contributed by atoms with Crippen molar-refractivity contribution < 1.29 is 14.3 Å². The molecule has 0 heterocycles. The summed E-state index contributed by atoms with van der Waals surface area (Å²) in [6.07, 6.45) is 7.36. The number of hydrogen-bond donors (Lipinski definition) is 0. The molecule has 0 aromatic carbocycles. The van der Waals surface area contributed by atoms with Gasteiger partial charge in [0.1, 0.15) is 11.9 Å². The Morgan fingerprint density at radius 1 is 1.44 bits per heavy atom. The van der Waals surface area contributed by atoms with Crippen LogP contribution in [-0.2, 0) is 9.53 Å².